The fourth-order valence-corrected chi connectivity index (χ4v) is 5.29. The molecular weight excluding hydrogens is 376 g/mol. The molecule has 0 spiro atoms. The van der Waals surface area contributed by atoms with E-state index < -0.39 is 0 Å². The molecule has 1 heterocycles. The molecule has 0 aromatic carbocycles. The SMILES string of the molecule is [N-]=[N+]=NCCOCCOCCOCCNC(=O)CCCCC1CCSS1. The minimum absolute atomic E-state index is 0.108. The Hall–Kier alpha value is -0.640. The van der Waals surface area contributed by atoms with Crippen LogP contribution in [-0.2, 0) is 19.0 Å². The van der Waals surface area contributed by atoms with Gasteiger partial charge in [-0.05, 0) is 24.8 Å². The maximum Gasteiger partial charge on any atom is 0.220 e. The van der Waals surface area contributed by atoms with Crippen molar-refractivity contribution in [1.29, 1.82) is 0 Å². The van der Waals surface area contributed by atoms with E-state index in [1.165, 1.54) is 18.6 Å². The Balaban J connectivity index is 1.74. The molecule has 8 nitrogen and oxygen atoms in total. The van der Waals surface area contributed by atoms with Gasteiger partial charge in [0.2, 0.25) is 5.91 Å². The molecule has 1 amide bonds. The Morgan fingerprint density at radius 1 is 1.12 bits per heavy atom. The summed E-state index contributed by atoms with van der Waals surface area (Å²) in [5.41, 5.74) is 8.08. The lowest BCUT2D eigenvalue weighted by molar-refractivity contribution is -0.121. The number of unbranched alkanes of at least 4 members (excludes halogenated alkanes) is 1. The third kappa shape index (κ3) is 14.5. The zero-order valence-corrected chi connectivity index (χ0v) is 16.9. The van der Waals surface area contributed by atoms with Gasteiger partial charge in [0.1, 0.15) is 0 Å². The topological polar surface area (TPSA) is 106 Å². The van der Waals surface area contributed by atoms with Crippen LogP contribution in [0.5, 0.6) is 0 Å². The largest absolute Gasteiger partial charge is 0.379 e. The lowest BCUT2D eigenvalue weighted by Crippen LogP contribution is -2.27. The highest BCUT2D eigenvalue weighted by atomic mass is 33.1. The molecule has 1 rings (SSSR count). The summed E-state index contributed by atoms with van der Waals surface area (Å²) in [5, 5.41) is 7.03. The summed E-state index contributed by atoms with van der Waals surface area (Å²) in [6, 6.07) is 0. The highest BCUT2D eigenvalue weighted by Gasteiger charge is 2.15. The molecule has 1 aliphatic rings. The summed E-state index contributed by atoms with van der Waals surface area (Å²) in [6.45, 7) is 3.71. The van der Waals surface area contributed by atoms with Crippen LogP contribution >= 0.6 is 21.6 Å². The molecule has 1 atom stereocenters. The lowest BCUT2D eigenvalue weighted by Gasteiger charge is -2.08. The minimum Gasteiger partial charge on any atom is -0.379 e. The number of carbonyl (C=O) groups excluding carboxylic acids is 1. The quantitative estimate of drug-likeness (QED) is 0.131. The van der Waals surface area contributed by atoms with Crippen molar-refractivity contribution in [3.63, 3.8) is 0 Å². The van der Waals surface area contributed by atoms with Gasteiger partial charge in [0, 0.05) is 35.4 Å². The van der Waals surface area contributed by atoms with Crippen LogP contribution in [0.2, 0.25) is 0 Å². The van der Waals surface area contributed by atoms with Gasteiger partial charge in [0.05, 0.1) is 39.6 Å². The van der Waals surface area contributed by atoms with E-state index >= 15 is 0 Å². The Labute approximate surface area is 163 Å². The van der Waals surface area contributed by atoms with E-state index in [4.69, 9.17) is 19.7 Å². The molecule has 26 heavy (non-hydrogen) atoms. The first-order valence-electron chi connectivity index (χ1n) is 9.12. The van der Waals surface area contributed by atoms with Crippen LogP contribution in [0.4, 0.5) is 0 Å². The van der Waals surface area contributed by atoms with Crippen LogP contribution in [-0.4, -0.2) is 69.6 Å². The van der Waals surface area contributed by atoms with Crippen LogP contribution in [0.15, 0.2) is 5.11 Å². The number of hydrogen-bond acceptors (Lipinski definition) is 7. The van der Waals surface area contributed by atoms with Gasteiger partial charge >= 0.3 is 0 Å². The van der Waals surface area contributed by atoms with Gasteiger partial charge in [-0.2, -0.15) is 0 Å². The number of amides is 1. The van der Waals surface area contributed by atoms with Gasteiger partial charge in [-0.25, -0.2) is 0 Å². The van der Waals surface area contributed by atoms with Crippen molar-refractivity contribution in [2.24, 2.45) is 5.11 Å². The molecule has 1 N–H and O–H groups in total. The molecule has 1 unspecified atom stereocenters. The van der Waals surface area contributed by atoms with Crippen LogP contribution in [0.1, 0.15) is 32.1 Å². The number of hydrogen-bond donors (Lipinski definition) is 1. The first-order valence-corrected chi connectivity index (χ1v) is 11.5. The van der Waals surface area contributed by atoms with Crippen LogP contribution < -0.4 is 5.32 Å². The standard InChI is InChI=1S/C16H30N4O4S2/c17-20-19-7-9-23-11-13-24-12-10-22-8-6-18-16(21)4-2-1-3-15-5-14-25-26-15/h15H,1-14H2,(H,18,21). The van der Waals surface area contributed by atoms with Crippen LogP contribution in [0, 0.1) is 0 Å². The number of azide groups is 1. The van der Waals surface area contributed by atoms with E-state index in [2.05, 4.69) is 15.3 Å². The zero-order chi connectivity index (χ0) is 18.7. The van der Waals surface area contributed by atoms with Crippen molar-refractivity contribution in [1.82, 2.24) is 5.32 Å². The van der Waals surface area contributed by atoms with E-state index in [0.717, 1.165) is 18.1 Å². The average Bonchev–Trinajstić information content (AvgIpc) is 3.16. The van der Waals surface area contributed by atoms with E-state index in [1.54, 1.807) is 0 Å². The second-order valence-corrected chi connectivity index (χ2v) is 8.50. The smallest absolute Gasteiger partial charge is 0.220 e. The van der Waals surface area contributed by atoms with E-state index in [-0.39, 0.29) is 5.91 Å². The minimum atomic E-state index is 0.108. The van der Waals surface area contributed by atoms with Crippen molar-refractivity contribution in [2.45, 2.75) is 37.4 Å². The molecule has 1 aliphatic heterocycles. The number of nitrogens with one attached hydrogen (secondary N) is 1. The molecule has 0 saturated carbocycles. The molecule has 1 saturated heterocycles. The molecule has 0 aromatic rings. The lowest BCUT2D eigenvalue weighted by atomic mass is 10.1. The number of ether oxygens (including phenoxy) is 3. The van der Waals surface area contributed by atoms with E-state index in [0.29, 0.717) is 59.2 Å². The van der Waals surface area contributed by atoms with Gasteiger partial charge in [0.15, 0.2) is 0 Å². The first kappa shape index (κ1) is 23.4. The molecule has 0 bridgehead atoms. The van der Waals surface area contributed by atoms with Crippen molar-refractivity contribution in [2.75, 3.05) is 58.5 Å². The van der Waals surface area contributed by atoms with Crippen molar-refractivity contribution >= 4 is 27.5 Å². The van der Waals surface area contributed by atoms with Gasteiger partial charge in [-0.1, -0.05) is 33.1 Å². The maximum atomic E-state index is 11.7. The fraction of sp³-hybridized carbons (Fsp3) is 0.938. The van der Waals surface area contributed by atoms with Crippen molar-refractivity contribution < 1.29 is 19.0 Å². The third-order valence-electron chi connectivity index (χ3n) is 3.62. The van der Waals surface area contributed by atoms with Crippen LogP contribution in [0.25, 0.3) is 10.4 Å². The molecular formula is C16H30N4O4S2. The molecule has 10 heteroatoms. The number of carbonyl (C=O) groups is 1. The second kappa shape index (κ2) is 17.8. The summed E-state index contributed by atoms with van der Waals surface area (Å²) >= 11 is 0. The molecule has 0 radical (unpaired) electrons. The molecule has 0 aromatic heterocycles. The van der Waals surface area contributed by atoms with Crippen molar-refractivity contribution in [3.8, 4) is 0 Å². The third-order valence-corrected chi connectivity index (χ3v) is 6.63. The van der Waals surface area contributed by atoms with Crippen molar-refractivity contribution in [3.05, 3.63) is 10.4 Å². The zero-order valence-electron chi connectivity index (χ0n) is 15.3. The normalized spacial score (nSPS) is 16.4. The Bertz CT molecular complexity index is 406. The van der Waals surface area contributed by atoms with Gasteiger partial charge in [0.25, 0.3) is 0 Å². The monoisotopic (exact) mass is 406 g/mol. The molecule has 150 valence electrons. The average molecular weight is 407 g/mol. The highest BCUT2D eigenvalue weighted by molar-refractivity contribution is 8.77. The van der Waals surface area contributed by atoms with Crippen LogP contribution in [0.3, 0.4) is 0 Å². The van der Waals surface area contributed by atoms with E-state index in [9.17, 15) is 4.79 Å². The maximum absolute atomic E-state index is 11.7. The predicted octanol–water partition coefficient (Wildman–Crippen LogP) is 3.18. The molecule has 1 fully saturated rings. The number of rotatable bonds is 17. The summed E-state index contributed by atoms with van der Waals surface area (Å²) in [5.74, 6) is 1.38. The summed E-state index contributed by atoms with van der Waals surface area (Å²) in [4.78, 5) is 14.3. The highest BCUT2D eigenvalue weighted by Crippen LogP contribution is 2.39. The summed E-state index contributed by atoms with van der Waals surface area (Å²) in [7, 11) is 3.97. The van der Waals surface area contributed by atoms with Gasteiger partial charge in [-0.3, -0.25) is 4.79 Å². The number of nitrogens with zero attached hydrogens (tertiary/aromatic N) is 3. The Morgan fingerprint density at radius 3 is 2.54 bits per heavy atom. The predicted molar refractivity (Wildman–Crippen MR) is 106 cm³/mol. The van der Waals surface area contributed by atoms with Gasteiger partial charge < -0.3 is 19.5 Å². The Morgan fingerprint density at radius 2 is 1.85 bits per heavy atom. The summed E-state index contributed by atoms with van der Waals surface area (Å²) in [6.07, 6.45) is 5.25. The fourth-order valence-electron chi connectivity index (χ4n) is 2.27. The summed E-state index contributed by atoms with van der Waals surface area (Å²) < 4.78 is 15.9. The van der Waals surface area contributed by atoms with E-state index in [1.807, 2.05) is 21.6 Å². The first-order chi connectivity index (χ1) is 12.8. The second-order valence-electron chi connectivity index (χ2n) is 5.72. The Kier molecular flexibility index (Phi) is 16.0. The van der Waals surface area contributed by atoms with Gasteiger partial charge in [-0.15, -0.1) is 0 Å². The molecule has 0 aliphatic carbocycles.